The molecule has 2 atom stereocenters. The molecule has 0 amide bonds. The Morgan fingerprint density at radius 1 is 1.35 bits per heavy atom. The average molecular weight is 395 g/mol. The number of halogens is 5. The van der Waals surface area contributed by atoms with E-state index in [1.165, 1.54) is 0 Å². The predicted molar refractivity (Wildman–Crippen MR) is 79.9 cm³/mol. The van der Waals surface area contributed by atoms with Crippen molar-refractivity contribution in [2.45, 2.75) is 26.6 Å². The summed E-state index contributed by atoms with van der Waals surface area (Å²) >= 11 is 3.31. The number of hydrogen-bond donors (Lipinski definition) is 0. The van der Waals surface area contributed by atoms with Crippen LogP contribution in [0.25, 0.3) is 0 Å². The number of ether oxygens (including phenoxy) is 1. The van der Waals surface area contributed by atoms with Gasteiger partial charge in [-0.2, -0.15) is 13.2 Å². The van der Waals surface area contributed by atoms with E-state index in [1.54, 1.807) is 38.1 Å². The molecule has 0 saturated heterocycles. The van der Waals surface area contributed by atoms with Crippen molar-refractivity contribution in [2.24, 2.45) is 17.3 Å². The third-order valence-corrected chi connectivity index (χ3v) is 4.86. The average Bonchev–Trinajstić information content (AvgIpc) is 2.97. The van der Waals surface area contributed by atoms with Crippen molar-refractivity contribution in [3.63, 3.8) is 0 Å². The Hall–Kier alpha value is -1.37. The second-order valence-electron chi connectivity index (χ2n) is 6.04. The third-order valence-electron chi connectivity index (χ3n) is 4.09. The maximum Gasteiger partial charge on any atom is 0.442 e. The smallest absolute Gasteiger partial charge is 0.442 e. The highest BCUT2D eigenvalue weighted by Crippen LogP contribution is 2.60. The van der Waals surface area contributed by atoms with Crippen molar-refractivity contribution >= 4 is 21.9 Å². The molecule has 0 aromatic heterocycles. The fourth-order valence-corrected chi connectivity index (χ4v) is 2.94. The Labute approximate surface area is 139 Å². The number of rotatable bonds is 4. The zero-order valence-corrected chi connectivity index (χ0v) is 14.0. The van der Waals surface area contributed by atoms with Gasteiger partial charge in [-0.05, 0) is 23.5 Å². The highest BCUT2D eigenvalue weighted by Gasteiger charge is 2.62. The molecular formula is C16H15BrF4O2. The van der Waals surface area contributed by atoms with Gasteiger partial charge in [0.2, 0.25) is 0 Å². The van der Waals surface area contributed by atoms with Crippen molar-refractivity contribution in [1.82, 2.24) is 0 Å². The Balaban J connectivity index is 2.02. The summed E-state index contributed by atoms with van der Waals surface area (Å²) in [5.41, 5.74) is -0.0130. The van der Waals surface area contributed by atoms with E-state index in [0.717, 1.165) is 10.0 Å². The molecule has 1 aromatic rings. The normalized spacial score (nSPS) is 23.5. The van der Waals surface area contributed by atoms with Gasteiger partial charge < -0.3 is 4.74 Å². The van der Waals surface area contributed by atoms with E-state index >= 15 is 0 Å². The van der Waals surface area contributed by atoms with E-state index in [9.17, 15) is 22.4 Å². The van der Waals surface area contributed by atoms with E-state index in [4.69, 9.17) is 4.74 Å². The molecule has 0 unspecified atom stereocenters. The summed E-state index contributed by atoms with van der Waals surface area (Å²) in [5.74, 6) is -4.40. The minimum atomic E-state index is -5.03. The van der Waals surface area contributed by atoms with Gasteiger partial charge in [0.25, 0.3) is 0 Å². The van der Waals surface area contributed by atoms with Crippen LogP contribution in [-0.2, 0) is 16.1 Å². The highest BCUT2D eigenvalue weighted by molar-refractivity contribution is 9.10. The molecule has 0 N–H and O–H groups in total. The minimum absolute atomic E-state index is 0.00498. The first-order valence-corrected chi connectivity index (χ1v) is 7.69. The molecule has 1 aliphatic carbocycles. The molecule has 0 bridgehead atoms. The fourth-order valence-electron chi connectivity index (χ4n) is 2.55. The highest BCUT2D eigenvalue weighted by atomic mass is 79.9. The summed E-state index contributed by atoms with van der Waals surface area (Å²) in [6.07, 6.45) is -4.55. The number of benzene rings is 1. The summed E-state index contributed by atoms with van der Waals surface area (Å²) in [4.78, 5) is 12.1. The summed E-state index contributed by atoms with van der Waals surface area (Å²) in [6, 6.07) is 7.13. The zero-order valence-electron chi connectivity index (χ0n) is 12.5. The molecule has 2 nitrogen and oxygen atoms in total. The van der Waals surface area contributed by atoms with Crippen LogP contribution >= 0.6 is 15.9 Å². The van der Waals surface area contributed by atoms with Gasteiger partial charge >= 0.3 is 12.1 Å². The van der Waals surface area contributed by atoms with E-state index in [2.05, 4.69) is 15.9 Å². The Morgan fingerprint density at radius 2 is 1.96 bits per heavy atom. The van der Waals surface area contributed by atoms with Gasteiger partial charge in [-0.15, -0.1) is 0 Å². The van der Waals surface area contributed by atoms with Gasteiger partial charge in [-0.25, -0.2) is 4.39 Å². The second kappa shape index (κ2) is 6.26. The van der Waals surface area contributed by atoms with Crippen molar-refractivity contribution < 1.29 is 27.1 Å². The van der Waals surface area contributed by atoms with Crippen molar-refractivity contribution in [1.29, 1.82) is 0 Å². The van der Waals surface area contributed by atoms with Crippen LogP contribution in [0.5, 0.6) is 0 Å². The quantitative estimate of drug-likeness (QED) is 0.519. The molecule has 0 radical (unpaired) electrons. The van der Waals surface area contributed by atoms with Crippen molar-refractivity contribution in [2.75, 3.05) is 0 Å². The van der Waals surface area contributed by atoms with Crippen LogP contribution in [0.1, 0.15) is 19.4 Å². The maximum absolute atomic E-state index is 13.1. The Kier molecular flexibility index (Phi) is 4.89. The van der Waals surface area contributed by atoms with E-state index in [1.807, 2.05) is 0 Å². The van der Waals surface area contributed by atoms with Gasteiger partial charge in [0, 0.05) is 10.0 Å². The lowest BCUT2D eigenvalue weighted by Gasteiger charge is -2.07. The number of hydrogen-bond acceptors (Lipinski definition) is 2. The first kappa shape index (κ1) is 18.0. The molecule has 7 heteroatoms. The Morgan fingerprint density at radius 3 is 2.52 bits per heavy atom. The van der Waals surface area contributed by atoms with E-state index in [0.29, 0.717) is 6.08 Å². The maximum atomic E-state index is 13.1. The van der Waals surface area contributed by atoms with Crippen LogP contribution in [-0.4, -0.2) is 12.1 Å². The number of carbonyl (C=O) groups is 1. The van der Waals surface area contributed by atoms with E-state index < -0.39 is 35.2 Å². The lowest BCUT2D eigenvalue weighted by atomic mass is 10.1. The van der Waals surface area contributed by atoms with Crippen LogP contribution in [0.15, 0.2) is 40.6 Å². The van der Waals surface area contributed by atoms with Crippen LogP contribution in [0, 0.1) is 17.3 Å². The molecule has 23 heavy (non-hydrogen) atoms. The van der Waals surface area contributed by atoms with Crippen LogP contribution in [0.4, 0.5) is 17.6 Å². The van der Waals surface area contributed by atoms with Gasteiger partial charge in [-0.1, -0.05) is 48.0 Å². The molecule has 0 heterocycles. The fraction of sp³-hybridized carbons (Fsp3) is 0.438. The second-order valence-corrected chi connectivity index (χ2v) is 6.89. The third kappa shape index (κ3) is 3.94. The topological polar surface area (TPSA) is 26.3 Å². The lowest BCUT2D eigenvalue weighted by Crippen LogP contribution is -2.11. The van der Waals surface area contributed by atoms with Crippen molar-refractivity contribution in [3.8, 4) is 0 Å². The molecule has 1 aromatic carbocycles. The van der Waals surface area contributed by atoms with Gasteiger partial charge in [0.15, 0.2) is 5.83 Å². The predicted octanol–water partition coefficient (Wildman–Crippen LogP) is 5.18. The SMILES string of the molecule is CC1(C)[C@H](/C=C(\F)C(F)(F)F)[C@@H]1C(=O)OCc1ccccc1Br. The first-order chi connectivity index (χ1) is 10.5. The number of carbonyl (C=O) groups excluding carboxylic acids is 1. The van der Waals surface area contributed by atoms with E-state index in [-0.39, 0.29) is 6.61 Å². The molecule has 126 valence electrons. The van der Waals surface area contributed by atoms with Crippen LogP contribution in [0.3, 0.4) is 0 Å². The summed E-state index contributed by atoms with van der Waals surface area (Å²) in [7, 11) is 0. The minimum Gasteiger partial charge on any atom is -0.461 e. The number of allylic oxidation sites excluding steroid dienone is 2. The van der Waals surface area contributed by atoms with Crippen LogP contribution in [0.2, 0.25) is 0 Å². The summed E-state index contributed by atoms with van der Waals surface area (Å²) in [5, 5.41) is 0. The standard InChI is InChI=1S/C16H15BrF4O2/c1-15(2)10(7-12(18)16(19,20)21)13(15)14(22)23-8-9-5-3-4-6-11(9)17/h3-7,10,13H,8H2,1-2H3/b12-7-/t10-,13-/m1/s1. The zero-order chi connectivity index (χ0) is 17.4. The molecule has 1 saturated carbocycles. The monoisotopic (exact) mass is 394 g/mol. The van der Waals surface area contributed by atoms with Crippen LogP contribution < -0.4 is 0 Å². The molecule has 1 fully saturated rings. The molecule has 0 spiro atoms. The van der Waals surface area contributed by atoms with Gasteiger partial charge in [-0.3, -0.25) is 4.79 Å². The number of esters is 1. The van der Waals surface area contributed by atoms with Gasteiger partial charge in [0.1, 0.15) is 6.61 Å². The summed E-state index contributed by atoms with van der Waals surface area (Å²) in [6.45, 7) is 3.23. The summed E-state index contributed by atoms with van der Waals surface area (Å²) < 4.78 is 55.8. The van der Waals surface area contributed by atoms with Crippen molar-refractivity contribution in [3.05, 3.63) is 46.2 Å². The first-order valence-electron chi connectivity index (χ1n) is 6.89. The lowest BCUT2D eigenvalue weighted by molar-refractivity contribution is -0.147. The molecule has 1 aliphatic rings. The largest absolute Gasteiger partial charge is 0.461 e. The molecule has 0 aliphatic heterocycles. The number of alkyl halides is 3. The molecular weight excluding hydrogens is 380 g/mol. The van der Waals surface area contributed by atoms with Gasteiger partial charge in [0.05, 0.1) is 5.92 Å². The molecule has 2 rings (SSSR count). The Bertz CT molecular complexity index is 637.